The molecule has 2 unspecified atom stereocenters. The largest absolute Gasteiger partial charge is 0.544 e. The Morgan fingerprint density at radius 1 is 0.596 bits per heavy atom. The highest BCUT2D eigenvalue weighted by atomic mass is 16.6. The maximum Gasteiger partial charge on any atom is 0.306 e. The fourth-order valence-corrected chi connectivity index (χ4v) is 5.63. The van der Waals surface area contributed by atoms with Gasteiger partial charge in [0, 0.05) is 19.3 Å². The molecule has 0 heterocycles. The average Bonchev–Trinajstić information content (AvgIpc) is 3.09. The predicted molar refractivity (Wildman–Crippen MR) is 212 cm³/mol. The number of hydrogen-bond donors (Lipinski definition) is 0. The first kappa shape index (κ1) is 49.0. The van der Waals surface area contributed by atoms with Crippen LogP contribution in [-0.4, -0.2) is 75.5 Å². The van der Waals surface area contributed by atoms with Gasteiger partial charge in [0.15, 0.2) is 6.10 Å². The van der Waals surface area contributed by atoms with Crippen molar-refractivity contribution < 1.29 is 38.2 Å². The smallest absolute Gasteiger partial charge is 0.306 e. The normalized spacial score (nSPS) is 13.6. The summed E-state index contributed by atoms with van der Waals surface area (Å²) in [5, 5.41) is 11.6. The number of likely N-dealkylation sites (N-methyl/N-ethyl adjacent to an activating group) is 1. The first-order valence-electron chi connectivity index (χ1n) is 20.4. The van der Waals surface area contributed by atoms with Crippen molar-refractivity contribution in [3.63, 3.8) is 0 Å². The van der Waals surface area contributed by atoms with Gasteiger partial charge in [-0.2, -0.15) is 0 Å². The molecule has 0 spiro atoms. The molecule has 8 heteroatoms. The molecular formula is C44H75NO7. The molecule has 0 aliphatic heterocycles. The molecule has 0 aromatic carbocycles. The Balaban J connectivity index is 4.49. The van der Waals surface area contributed by atoms with E-state index in [2.05, 4.69) is 19.9 Å². The van der Waals surface area contributed by atoms with Crippen LogP contribution in [0.5, 0.6) is 0 Å². The summed E-state index contributed by atoms with van der Waals surface area (Å²) in [6.07, 6.45) is 41.1. The van der Waals surface area contributed by atoms with Gasteiger partial charge in [0.05, 0.1) is 40.3 Å². The Hall–Kier alpha value is -2.97. The predicted octanol–water partition coefficient (Wildman–Crippen LogP) is 9.30. The molecule has 0 aromatic rings. The maximum atomic E-state index is 12.7. The molecule has 2 atom stereocenters. The third kappa shape index (κ3) is 32.9. The lowest BCUT2D eigenvalue weighted by Crippen LogP contribution is -2.55. The number of rotatable bonds is 35. The molecular weight excluding hydrogens is 654 g/mol. The third-order valence-electron chi connectivity index (χ3n) is 8.80. The van der Waals surface area contributed by atoms with E-state index in [1.165, 1.54) is 77.0 Å². The van der Waals surface area contributed by atoms with Gasteiger partial charge in [-0.05, 0) is 25.7 Å². The van der Waals surface area contributed by atoms with Crippen LogP contribution in [-0.2, 0) is 28.6 Å². The standard InChI is InChI=1S/C44H75NO7/c1-6-8-10-12-14-16-18-20-21-23-25-27-29-31-33-35-43(47)52-40(38-50-37-36-41(44(48)49)45(3,4)5)39-51-42(46)34-32-30-28-26-24-22-19-17-15-13-11-9-7-2/h9,11,13,15,17,19,22,24,26,28,40-41H,6-8,10,12,14,16,18,20-21,23,25,27,29-39H2,1-5H3/b11-9+,15-13+,19-17+,24-22+,28-26+. The maximum absolute atomic E-state index is 12.7. The zero-order chi connectivity index (χ0) is 38.5. The van der Waals surface area contributed by atoms with Gasteiger partial charge in [-0.15, -0.1) is 0 Å². The molecule has 0 rings (SSSR count). The van der Waals surface area contributed by atoms with Crippen molar-refractivity contribution in [1.29, 1.82) is 0 Å². The lowest BCUT2D eigenvalue weighted by atomic mass is 10.0. The topological polar surface area (TPSA) is 102 Å². The monoisotopic (exact) mass is 730 g/mol. The SMILES string of the molecule is CC/C=C/C=C/C=C/C=C/C=C/CCCC(=O)OCC(COCCC(C(=O)[O-])[N+](C)(C)C)OC(=O)CCCCCCCCCCCCCCCCC. The number of carbonyl (C=O) groups is 3. The number of nitrogens with zero attached hydrogens (tertiary/aromatic N) is 1. The third-order valence-corrected chi connectivity index (χ3v) is 8.80. The van der Waals surface area contributed by atoms with E-state index in [1.54, 1.807) is 21.1 Å². The van der Waals surface area contributed by atoms with Crippen LogP contribution in [0.3, 0.4) is 0 Å². The van der Waals surface area contributed by atoms with E-state index < -0.39 is 18.1 Å². The van der Waals surface area contributed by atoms with Gasteiger partial charge >= 0.3 is 11.9 Å². The molecule has 0 fully saturated rings. The van der Waals surface area contributed by atoms with Gasteiger partial charge in [0.25, 0.3) is 0 Å². The van der Waals surface area contributed by atoms with E-state index in [1.807, 2.05) is 54.7 Å². The molecule has 52 heavy (non-hydrogen) atoms. The first-order chi connectivity index (χ1) is 25.1. The number of ether oxygens (including phenoxy) is 3. The second-order valence-corrected chi connectivity index (χ2v) is 14.6. The molecule has 0 aromatic heterocycles. The van der Waals surface area contributed by atoms with Gasteiger partial charge in [-0.3, -0.25) is 9.59 Å². The van der Waals surface area contributed by atoms with Gasteiger partial charge < -0.3 is 28.6 Å². The number of carboxylic acid groups (broad SMARTS) is 1. The van der Waals surface area contributed by atoms with E-state index in [0.717, 1.165) is 32.1 Å². The molecule has 0 amide bonds. The minimum Gasteiger partial charge on any atom is -0.544 e. The summed E-state index contributed by atoms with van der Waals surface area (Å²) < 4.78 is 17.0. The molecule has 0 saturated carbocycles. The highest BCUT2D eigenvalue weighted by molar-refractivity contribution is 5.70. The number of unbranched alkanes of at least 4 members (excludes halogenated alkanes) is 15. The average molecular weight is 730 g/mol. The Morgan fingerprint density at radius 2 is 1.08 bits per heavy atom. The van der Waals surface area contributed by atoms with E-state index >= 15 is 0 Å². The molecule has 0 N–H and O–H groups in total. The highest BCUT2D eigenvalue weighted by Gasteiger charge is 2.25. The number of hydrogen-bond acceptors (Lipinski definition) is 7. The van der Waals surface area contributed by atoms with E-state index in [9.17, 15) is 19.5 Å². The number of quaternary nitrogens is 1. The number of esters is 2. The molecule has 0 aliphatic carbocycles. The molecule has 0 aliphatic rings. The second kappa shape index (κ2) is 35.1. The van der Waals surface area contributed by atoms with E-state index in [-0.39, 0.29) is 49.1 Å². The minimum absolute atomic E-state index is 0.0174. The number of carbonyl (C=O) groups excluding carboxylic acids is 3. The van der Waals surface area contributed by atoms with E-state index in [4.69, 9.17) is 14.2 Å². The van der Waals surface area contributed by atoms with Crippen LogP contribution in [0.1, 0.15) is 149 Å². The summed E-state index contributed by atoms with van der Waals surface area (Å²) in [6, 6.07) is -0.736. The molecule has 298 valence electrons. The summed E-state index contributed by atoms with van der Waals surface area (Å²) in [7, 11) is 5.37. The van der Waals surface area contributed by atoms with Crippen LogP contribution >= 0.6 is 0 Å². The molecule has 0 radical (unpaired) electrons. The van der Waals surface area contributed by atoms with Crippen LogP contribution in [0.25, 0.3) is 0 Å². The first-order valence-corrected chi connectivity index (χ1v) is 20.4. The van der Waals surface area contributed by atoms with Crippen molar-refractivity contribution in [1.82, 2.24) is 0 Å². The van der Waals surface area contributed by atoms with Crippen LogP contribution in [0, 0.1) is 0 Å². The molecule has 0 saturated heterocycles. The summed E-state index contributed by atoms with van der Waals surface area (Å²) >= 11 is 0. The van der Waals surface area contributed by atoms with Crippen molar-refractivity contribution in [3.05, 3.63) is 60.8 Å². The Kier molecular flexibility index (Phi) is 33.1. The van der Waals surface area contributed by atoms with E-state index in [0.29, 0.717) is 12.8 Å². The second-order valence-electron chi connectivity index (χ2n) is 14.6. The van der Waals surface area contributed by atoms with Crippen molar-refractivity contribution in [2.45, 2.75) is 161 Å². The lowest BCUT2D eigenvalue weighted by Gasteiger charge is -2.34. The van der Waals surface area contributed by atoms with Crippen molar-refractivity contribution in [2.24, 2.45) is 0 Å². The quantitative estimate of drug-likeness (QED) is 0.0277. The molecule has 0 bridgehead atoms. The Morgan fingerprint density at radius 3 is 1.58 bits per heavy atom. The number of aliphatic carboxylic acids is 1. The van der Waals surface area contributed by atoms with Crippen molar-refractivity contribution >= 4 is 17.9 Å². The van der Waals surface area contributed by atoms with Gasteiger partial charge in [-0.25, -0.2) is 0 Å². The van der Waals surface area contributed by atoms with Crippen molar-refractivity contribution in [3.8, 4) is 0 Å². The van der Waals surface area contributed by atoms with Crippen LogP contribution in [0.2, 0.25) is 0 Å². The van der Waals surface area contributed by atoms with Gasteiger partial charge in [-0.1, -0.05) is 164 Å². The zero-order valence-electron chi connectivity index (χ0n) is 33.7. The Bertz CT molecular complexity index is 1040. The summed E-state index contributed by atoms with van der Waals surface area (Å²) in [6.45, 7) is 4.43. The van der Waals surface area contributed by atoms with Gasteiger partial charge in [0.1, 0.15) is 12.6 Å². The number of carboxylic acids is 1. The Labute approximate surface area is 318 Å². The molecule has 8 nitrogen and oxygen atoms in total. The summed E-state index contributed by atoms with van der Waals surface area (Å²) in [5.74, 6) is -1.83. The van der Waals surface area contributed by atoms with Crippen molar-refractivity contribution in [2.75, 3.05) is 41.0 Å². The van der Waals surface area contributed by atoms with Crippen LogP contribution in [0.15, 0.2) is 60.8 Å². The minimum atomic E-state index is -1.14. The fourth-order valence-electron chi connectivity index (χ4n) is 5.63. The zero-order valence-corrected chi connectivity index (χ0v) is 33.7. The lowest BCUT2D eigenvalue weighted by molar-refractivity contribution is -0.889. The van der Waals surface area contributed by atoms with Gasteiger partial charge in [0.2, 0.25) is 0 Å². The highest BCUT2D eigenvalue weighted by Crippen LogP contribution is 2.14. The van der Waals surface area contributed by atoms with Crippen LogP contribution < -0.4 is 5.11 Å². The summed E-state index contributed by atoms with van der Waals surface area (Å²) in [4.78, 5) is 36.7. The number of allylic oxidation sites excluding steroid dienone is 10. The fraction of sp³-hybridized carbons (Fsp3) is 0.705. The summed E-state index contributed by atoms with van der Waals surface area (Å²) in [5.41, 5.74) is 0. The van der Waals surface area contributed by atoms with Crippen LogP contribution in [0.4, 0.5) is 0 Å².